The number of aryl methyl sites for hydroxylation is 1. The number of anilines is 1. The summed E-state index contributed by atoms with van der Waals surface area (Å²) in [6.07, 6.45) is 5.34. The van der Waals surface area contributed by atoms with Gasteiger partial charge in [0.15, 0.2) is 5.13 Å². The Labute approximate surface area is 153 Å². The van der Waals surface area contributed by atoms with E-state index in [1.807, 2.05) is 11.3 Å². The molecule has 0 radical (unpaired) electrons. The molecule has 3 heterocycles. The van der Waals surface area contributed by atoms with Crippen molar-refractivity contribution in [2.75, 3.05) is 57.4 Å². The first kappa shape index (κ1) is 17.2. The molecule has 0 spiro atoms. The first-order chi connectivity index (χ1) is 12.3. The SMILES string of the molecule is O=C(NCCN1CCCC1)C1CCc2sc(N3CCOCC3)nc2C1. The molecule has 0 aromatic carbocycles. The van der Waals surface area contributed by atoms with Crippen molar-refractivity contribution in [3.63, 3.8) is 0 Å². The van der Waals surface area contributed by atoms with Crippen molar-refractivity contribution in [2.45, 2.75) is 32.1 Å². The number of nitrogens with zero attached hydrogens (tertiary/aromatic N) is 3. The van der Waals surface area contributed by atoms with Crippen LogP contribution in [0.1, 0.15) is 29.8 Å². The summed E-state index contributed by atoms with van der Waals surface area (Å²) in [5.41, 5.74) is 1.15. The number of fused-ring (bicyclic) bond motifs is 1. The molecule has 1 amide bonds. The Morgan fingerprint density at radius 3 is 2.84 bits per heavy atom. The highest BCUT2D eigenvalue weighted by atomic mass is 32.1. The lowest BCUT2D eigenvalue weighted by Crippen LogP contribution is -2.38. The zero-order valence-corrected chi connectivity index (χ0v) is 15.7. The van der Waals surface area contributed by atoms with Crippen LogP contribution < -0.4 is 10.2 Å². The van der Waals surface area contributed by atoms with Crippen LogP contribution in [0, 0.1) is 5.92 Å². The van der Waals surface area contributed by atoms with Gasteiger partial charge in [-0.1, -0.05) is 0 Å². The first-order valence-corrected chi connectivity index (χ1v) is 10.4. The molecule has 2 saturated heterocycles. The van der Waals surface area contributed by atoms with Crippen molar-refractivity contribution in [1.82, 2.24) is 15.2 Å². The van der Waals surface area contributed by atoms with Gasteiger partial charge in [-0.25, -0.2) is 4.98 Å². The number of hydrogen-bond acceptors (Lipinski definition) is 6. The predicted octanol–water partition coefficient (Wildman–Crippen LogP) is 1.30. The zero-order chi connectivity index (χ0) is 17.1. The number of thiazole rings is 1. The molecule has 0 bridgehead atoms. The molecular formula is C18H28N4O2S. The van der Waals surface area contributed by atoms with Crippen molar-refractivity contribution in [3.8, 4) is 0 Å². The minimum absolute atomic E-state index is 0.0886. The highest BCUT2D eigenvalue weighted by molar-refractivity contribution is 7.15. The second kappa shape index (κ2) is 8.01. The van der Waals surface area contributed by atoms with Crippen molar-refractivity contribution < 1.29 is 9.53 Å². The predicted molar refractivity (Wildman–Crippen MR) is 99.3 cm³/mol. The van der Waals surface area contributed by atoms with Crippen LogP contribution in [0.2, 0.25) is 0 Å². The molecule has 1 aromatic rings. The van der Waals surface area contributed by atoms with Gasteiger partial charge < -0.3 is 19.9 Å². The number of rotatable bonds is 5. The van der Waals surface area contributed by atoms with E-state index < -0.39 is 0 Å². The second-order valence-electron chi connectivity index (χ2n) is 7.25. The van der Waals surface area contributed by atoms with Crippen LogP contribution in [-0.4, -0.2) is 68.3 Å². The van der Waals surface area contributed by atoms with Crippen LogP contribution in [-0.2, 0) is 22.4 Å². The minimum Gasteiger partial charge on any atom is -0.378 e. The molecule has 1 unspecified atom stereocenters. The fraction of sp³-hybridized carbons (Fsp3) is 0.778. The largest absolute Gasteiger partial charge is 0.378 e. The van der Waals surface area contributed by atoms with E-state index in [4.69, 9.17) is 9.72 Å². The van der Waals surface area contributed by atoms with Crippen molar-refractivity contribution in [1.29, 1.82) is 0 Å². The zero-order valence-electron chi connectivity index (χ0n) is 14.8. The molecular weight excluding hydrogens is 336 g/mol. The maximum absolute atomic E-state index is 12.5. The molecule has 2 aliphatic heterocycles. The number of aromatic nitrogens is 1. The fourth-order valence-corrected chi connectivity index (χ4v) is 5.12. The number of likely N-dealkylation sites (tertiary alicyclic amines) is 1. The normalized spacial score (nSPS) is 24.3. The Morgan fingerprint density at radius 2 is 2.04 bits per heavy atom. The van der Waals surface area contributed by atoms with Crippen LogP contribution in [0.5, 0.6) is 0 Å². The summed E-state index contributed by atoms with van der Waals surface area (Å²) in [5, 5.41) is 4.26. The third-order valence-corrected chi connectivity index (χ3v) is 6.72. The lowest BCUT2D eigenvalue weighted by Gasteiger charge is -2.26. The third kappa shape index (κ3) is 4.15. The van der Waals surface area contributed by atoms with E-state index in [0.717, 1.165) is 69.5 Å². The van der Waals surface area contributed by atoms with Gasteiger partial charge in [0.2, 0.25) is 5.91 Å². The molecule has 1 aliphatic carbocycles. The van der Waals surface area contributed by atoms with Gasteiger partial charge in [-0.2, -0.15) is 0 Å². The number of ether oxygens (including phenoxy) is 1. The van der Waals surface area contributed by atoms with Crippen molar-refractivity contribution in [2.24, 2.45) is 5.92 Å². The lowest BCUT2D eigenvalue weighted by molar-refractivity contribution is -0.125. The maximum atomic E-state index is 12.5. The molecule has 1 atom stereocenters. The summed E-state index contributed by atoms with van der Waals surface area (Å²) >= 11 is 1.81. The second-order valence-corrected chi connectivity index (χ2v) is 8.31. The van der Waals surface area contributed by atoms with Gasteiger partial charge >= 0.3 is 0 Å². The standard InChI is InChI=1S/C18H28N4O2S/c23-17(19-5-8-21-6-1-2-7-21)14-3-4-16-15(13-14)20-18(25-16)22-9-11-24-12-10-22/h14H,1-13H2,(H,19,23). The van der Waals surface area contributed by atoms with Gasteiger partial charge in [0, 0.05) is 43.4 Å². The van der Waals surface area contributed by atoms with Gasteiger partial charge in [-0.3, -0.25) is 4.79 Å². The van der Waals surface area contributed by atoms with Crippen molar-refractivity contribution >= 4 is 22.4 Å². The smallest absolute Gasteiger partial charge is 0.223 e. The van der Waals surface area contributed by atoms with Gasteiger partial charge in [0.1, 0.15) is 0 Å². The molecule has 2 fully saturated rings. The molecule has 6 nitrogen and oxygen atoms in total. The maximum Gasteiger partial charge on any atom is 0.223 e. The van der Waals surface area contributed by atoms with Gasteiger partial charge in [0.05, 0.1) is 18.9 Å². The topological polar surface area (TPSA) is 57.7 Å². The molecule has 25 heavy (non-hydrogen) atoms. The van der Waals surface area contributed by atoms with E-state index >= 15 is 0 Å². The Kier molecular flexibility index (Phi) is 5.53. The number of hydrogen-bond donors (Lipinski definition) is 1. The number of carbonyl (C=O) groups excluding carboxylic acids is 1. The number of morpholine rings is 1. The Hall–Kier alpha value is -1.18. The van der Waals surface area contributed by atoms with Gasteiger partial charge in [0.25, 0.3) is 0 Å². The summed E-state index contributed by atoms with van der Waals surface area (Å²) in [6.45, 7) is 7.55. The number of amides is 1. The van der Waals surface area contributed by atoms with Gasteiger partial charge in [-0.15, -0.1) is 11.3 Å². The Balaban J connectivity index is 1.29. The summed E-state index contributed by atoms with van der Waals surface area (Å²) in [4.78, 5) is 23.5. The Bertz CT molecular complexity index is 594. The fourth-order valence-electron chi connectivity index (χ4n) is 3.97. The van der Waals surface area contributed by atoms with E-state index in [1.54, 1.807) is 0 Å². The molecule has 0 saturated carbocycles. The van der Waals surface area contributed by atoms with E-state index in [2.05, 4.69) is 15.1 Å². The van der Waals surface area contributed by atoms with E-state index in [-0.39, 0.29) is 11.8 Å². The molecule has 4 rings (SSSR count). The monoisotopic (exact) mass is 364 g/mol. The Morgan fingerprint density at radius 1 is 1.24 bits per heavy atom. The van der Waals surface area contributed by atoms with Crippen LogP contribution in [0.4, 0.5) is 5.13 Å². The summed E-state index contributed by atoms with van der Waals surface area (Å²) in [6, 6.07) is 0. The van der Waals surface area contributed by atoms with E-state index in [1.165, 1.54) is 30.8 Å². The van der Waals surface area contributed by atoms with Gasteiger partial charge in [-0.05, 0) is 38.8 Å². The summed E-state index contributed by atoms with van der Waals surface area (Å²) in [5.74, 6) is 0.302. The molecule has 1 N–H and O–H groups in total. The first-order valence-electron chi connectivity index (χ1n) is 9.61. The molecule has 7 heteroatoms. The summed E-state index contributed by atoms with van der Waals surface area (Å²) in [7, 11) is 0. The van der Waals surface area contributed by atoms with Crippen LogP contribution in [0.3, 0.4) is 0 Å². The molecule has 1 aromatic heterocycles. The van der Waals surface area contributed by atoms with E-state index in [9.17, 15) is 4.79 Å². The van der Waals surface area contributed by atoms with Crippen LogP contribution in [0.15, 0.2) is 0 Å². The quantitative estimate of drug-likeness (QED) is 0.853. The highest BCUT2D eigenvalue weighted by Crippen LogP contribution is 2.34. The third-order valence-electron chi connectivity index (χ3n) is 5.50. The van der Waals surface area contributed by atoms with Crippen LogP contribution in [0.25, 0.3) is 0 Å². The van der Waals surface area contributed by atoms with Crippen LogP contribution >= 0.6 is 11.3 Å². The molecule has 138 valence electrons. The lowest BCUT2D eigenvalue weighted by atomic mass is 9.90. The highest BCUT2D eigenvalue weighted by Gasteiger charge is 2.28. The molecule has 3 aliphatic rings. The van der Waals surface area contributed by atoms with E-state index in [0.29, 0.717) is 0 Å². The van der Waals surface area contributed by atoms with Crippen molar-refractivity contribution in [3.05, 3.63) is 10.6 Å². The average Bonchev–Trinajstić information content (AvgIpc) is 3.31. The minimum atomic E-state index is 0.0886. The number of nitrogens with one attached hydrogen (secondary N) is 1. The number of carbonyl (C=O) groups is 1. The summed E-state index contributed by atoms with van der Waals surface area (Å²) < 4.78 is 5.42. The average molecular weight is 365 g/mol.